The van der Waals surface area contributed by atoms with Gasteiger partial charge >= 0.3 is 0 Å². The van der Waals surface area contributed by atoms with Crippen LogP contribution in [0.5, 0.6) is 0 Å². The topological polar surface area (TPSA) is 29.3 Å². The Balaban J connectivity index is 2.15. The van der Waals surface area contributed by atoms with Gasteiger partial charge in [-0.05, 0) is 50.4 Å². The van der Waals surface area contributed by atoms with Crippen LogP contribution in [0, 0.1) is 0 Å². The van der Waals surface area contributed by atoms with E-state index in [2.05, 4.69) is 36.9 Å². The Labute approximate surface area is 105 Å². The summed E-state index contributed by atoms with van der Waals surface area (Å²) in [5.74, 6) is 0. The van der Waals surface area contributed by atoms with Crippen LogP contribution in [0.15, 0.2) is 24.3 Å². The van der Waals surface area contributed by atoms with Gasteiger partial charge in [-0.1, -0.05) is 25.5 Å². The third-order valence-electron chi connectivity index (χ3n) is 4.03. The number of piperidine rings is 1. The van der Waals surface area contributed by atoms with E-state index < -0.39 is 0 Å². The summed E-state index contributed by atoms with van der Waals surface area (Å²) in [5, 5.41) is 0. The van der Waals surface area contributed by atoms with E-state index in [4.69, 9.17) is 5.73 Å². The Kier molecular flexibility index (Phi) is 4.06. The van der Waals surface area contributed by atoms with E-state index in [0.717, 1.165) is 11.7 Å². The molecule has 17 heavy (non-hydrogen) atoms. The van der Waals surface area contributed by atoms with E-state index in [0.29, 0.717) is 6.04 Å². The van der Waals surface area contributed by atoms with E-state index in [1.807, 2.05) is 6.07 Å². The molecule has 2 nitrogen and oxygen atoms in total. The standard InChI is InChI=1S/C15H24N2/c1-3-15-9-4-5-10-17(15)12(2)13-7-6-8-14(16)11-13/h6-8,11-12,15H,3-5,9-10,16H2,1-2H3. The number of hydrogen-bond donors (Lipinski definition) is 1. The average molecular weight is 232 g/mol. The monoisotopic (exact) mass is 232 g/mol. The van der Waals surface area contributed by atoms with Gasteiger partial charge in [0.1, 0.15) is 0 Å². The van der Waals surface area contributed by atoms with E-state index in [-0.39, 0.29) is 0 Å². The number of likely N-dealkylation sites (tertiary alicyclic amines) is 1. The zero-order valence-corrected chi connectivity index (χ0v) is 11.0. The molecule has 1 heterocycles. The summed E-state index contributed by atoms with van der Waals surface area (Å²) in [6.07, 6.45) is 5.33. The van der Waals surface area contributed by atoms with Crippen LogP contribution in [0.1, 0.15) is 51.1 Å². The summed E-state index contributed by atoms with van der Waals surface area (Å²) in [5.41, 5.74) is 8.10. The molecule has 2 rings (SSSR count). The molecule has 1 aliphatic rings. The largest absolute Gasteiger partial charge is 0.399 e. The molecule has 1 aromatic rings. The molecular weight excluding hydrogens is 208 g/mol. The molecule has 0 saturated carbocycles. The highest BCUT2D eigenvalue weighted by molar-refractivity contribution is 5.41. The third kappa shape index (κ3) is 2.81. The highest BCUT2D eigenvalue weighted by Crippen LogP contribution is 2.30. The Morgan fingerprint density at radius 1 is 1.41 bits per heavy atom. The first kappa shape index (κ1) is 12.4. The molecule has 1 aliphatic heterocycles. The van der Waals surface area contributed by atoms with Gasteiger partial charge in [-0.3, -0.25) is 4.90 Å². The van der Waals surface area contributed by atoms with Crippen molar-refractivity contribution in [1.82, 2.24) is 4.90 Å². The van der Waals surface area contributed by atoms with Gasteiger partial charge in [-0.25, -0.2) is 0 Å². The molecule has 2 heteroatoms. The molecule has 94 valence electrons. The summed E-state index contributed by atoms with van der Waals surface area (Å²) in [6, 6.07) is 9.58. The molecule has 0 radical (unpaired) electrons. The minimum absolute atomic E-state index is 0.490. The van der Waals surface area contributed by atoms with E-state index in [9.17, 15) is 0 Å². The molecule has 0 spiro atoms. The minimum atomic E-state index is 0.490. The number of rotatable bonds is 3. The van der Waals surface area contributed by atoms with E-state index in [1.54, 1.807) is 0 Å². The van der Waals surface area contributed by atoms with Crippen molar-refractivity contribution in [2.24, 2.45) is 0 Å². The maximum Gasteiger partial charge on any atom is 0.0323 e. The fraction of sp³-hybridized carbons (Fsp3) is 0.600. The lowest BCUT2D eigenvalue weighted by atomic mass is 9.95. The molecule has 1 saturated heterocycles. The lowest BCUT2D eigenvalue weighted by Crippen LogP contribution is -2.40. The van der Waals surface area contributed by atoms with Crippen LogP contribution in [-0.2, 0) is 0 Å². The predicted molar refractivity (Wildman–Crippen MR) is 73.9 cm³/mol. The molecule has 2 atom stereocenters. The van der Waals surface area contributed by atoms with E-state index >= 15 is 0 Å². The quantitative estimate of drug-likeness (QED) is 0.807. The first-order valence-corrected chi connectivity index (χ1v) is 6.83. The van der Waals surface area contributed by atoms with Crippen LogP contribution in [0.4, 0.5) is 5.69 Å². The second-order valence-corrected chi connectivity index (χ2v) is 5.14. The van der Waals surface area contributed by atoms with Crippen molar-refractivity contribution < 1.29 is 0 Å². The summed E-state index contributed by atoms with van der Waals surface area (Å²) < 4.78 is 0. The van der Waals surface area contributed by atoms with Crippen LogP contribution >= 0.6 is 0 Å². The van der Waals surface area contributed by atoms with Gasteiger partial charge in [0.2, 0.25) is 0 Å². The zero-order valence-electron chi connectivity index (χ0n) is 11.0. The first-order chi connectivity index (χ1) is 8.22. The molecular formula is C15H24N2. The second kappa shape index (κ2) is 5.54. The van der Waals surface area contributed by atoms with Crippen LogP contribution in [0.25, 0.3) is 0 Å². The Morgan fingerprint density at radius 3 is 2.94 bits per heavy atom. The fourth-order valence-corrected chi connectivity index (χ4v) is 2.98. The highest BCUT2D eigenvalue weighted by atomic mass is 15.2. The maximum absolute atomic E-state index is 5.87. The first-order valence-electron chi connectivity index (χ1n) is 6.83. The van der Waals surface area contributed by atoms with Gasteiger partial charge in [-0.2, -0.15) is 0 Å². The van der Waals surface area contributed by atoms with Crippen molar-refractivity contribution >= 4 is 5.69 Å². The maximum atomic E-state index is 5.87. The second-order valence-electron chi connectivity index (χ2n) is 5.14. The van der Waals surface area contributed by atoms with Gasteiger partial charge in [0.15, 0.2) is 0 Å². The van der Waals surface area contributed by atoms with Crippen LogP contribution in [0.3, 0.4) is 0 Å². The third-order valence-corrected chi connectivity index (χ3v) is 4.03. The molecule has 1 aromatic carbocycles. The predicted octanol–water partition coefficient (Wildman–Crippen LogP) is 3.59. The van der Waals surface area contributed by atoms with Gasteiger partial charge in [0, 0.05) is 17.8 Å². The number of nitrogen functional groups attached to an aromatic ring is 1. The average Bonchev–Trinajstić information content (AvgIpc) is 2.38. The number of nitrogens with zero attached hydrogens (tertiary/aromatic N) is 1. The zero-order chi connectivity index (χ0) is 12.3. The number of nitrogens with two attached hydrogens (primary N) is 1. The Bertz CT molecular complexity index is 362. The number of benzene rings is 1. The summed E-state index contributed by atoms with van der Waals surface area (Å²) in [4.78, 5) is 2.65. The summed E-state index contributed by atoms with van der Waals surface area (Å²) in [6.45, 7) is 5.84. The van der Waals surface area contributed by atoms with Crippen molar-refractivity contribution in [2.75, 3.05) is 12.3 Å². The van der Waals surface area contributed by atoms with Gasteiger partial charge in [-0.15, -0.1) is 0 Å². The van der Waals surface area contributed by atoms with Crippen molar-refractivity contribution in [3.63, 3.8) is 0 Å². The molecule has 0 aromatic heterocycles. The van der Waals surface area contributed by atoms with Crippen molar-refractivity contribution in [1.29, 1.82) is 0 Å². The van der Waals surface area contributed by atoms with Crippen molar-refractivity contribution in [3.05, 3.63) is 29.8 Å². The molecule has 0 bridgehead atoms. The molecule has 0 aliphatic carbocycles. The summed E-state index contributed by atoms with van der Waals surface area (Å²) >= 11 is 0. The molecule has 0 amide bonds. The highest BCUT2D eigenvalue weighted by Gasteiger charge is 2.25. The SMILES string of the molecule is CCC1CCCCN1C(C)c1cccc(N)c1. The Hall–Kier alpha value is -1.02. The van der Waals surface area contributed by atoms with Crippen molar-refractivity contribution in [2.45, 2.75) is 51.6 Å². The van der Waals surface area contributed by atoms with Crippen LogP contribution in [0.2, 0.25) is 0 Å². The van der Waals surface area contributed by atoms with Crippen LogP contribution in [-0.4, -0.2) is 17.5 Å². The normalized spacial score (nSPS) is 23.5. The number of hydrogen-bond acceptors (Lipinski definition) is 2. The molecule has 2 N–H and O–H groups in total. The van der Waals surface area contributed by atoms with Crippen LogP contribution < -0.4 is 5.73 Å². The van der Waals surface area contributed by atoms with E-state index in [1.165, 1.54) is 37.8 Å². The Morgan fingerprint density at radius 2 is 2.24 bits per heavy atom. The lowest BCUT2D eigenvalue weighted by Gasteiger charge is -2.39. The number of anilines is 1. The van der Waals surface area contributed by atoms with Gasteiger partial charge < -0.3 is 5.73 Å². The molecule has 2 unspecified atom stereocenters. The van der Waals surface area contributed by atoms with Gasteiger partial charge in [0.05, 0.1) is 0 Å². The minimum Gasteiger partial charge on any atom is -0.399 e. The molecule has 1 fully saturated rings. The van der Waals surface area contributed by atoms with Gasteiger partial charge in [0.25, 0.3) is 0 Å². The fourth-order valence-electron chi connectivity index (χ4n) is 2.98. The lowest BCUT2D eigenvalue weighted by molar-refractivity contribution is 0.100. The smallest absolute Gasteiger partial charge is 0.0323 e. The summed E-state index contributed by atoms with van der Waals surface area (Å²) in [7, 11) is 0. The van der Waals surface area contributed by atoms with Crippen molar-refractivity contribution in [3.8, 4) is 0 Å².